The largest absolute Gasteiger partial charge is 0.573 e. The van der Waals surface area contributed by atoms with Crippen molar-refractivity contribution in [3.63, 3.8) is 0 Å². The molecule has 0 radical (unpaired) electrons. The molecule has 0 heterocycles. The number of hydrogen-bond donors (Lipinski definition) is 0. The summed E-state index contributed by atoms with van der Waals surface area (Å²) < 4.78 is 40.8. The van der Waals surface area contributed by atoms with Crippen molar-refractivity contribution < 1.29 is 17.9 Å². The minimum atomic E-state index is -4.68. The molecule has 0 N–H and O–H groups in total. The zero-order chi connectivity index (χ0) is 14.0. The van der Waals surface area contributed by atoms with Crippen LogP contribution in [0.4, 0.5) is 13.2 Å². The summed E-state index contributed by atoms with van der Waals surface area (Å²) in [7, 11) is 0. The minimum absolute atomic E-state index is 0.227. The van der Waals surface area contributed by atoms with Gasteiger partial charge in [0.2, 0.25) is 0 Å². The van der Waals surface area contributed by atoms with E-state index in [2.05, 4.69) is 4.74 Å². The van der Waals surface area contributed by atoms with Gasteiger partial charge in [-0.2, -0.15) is 0 Å². The van der Waals surface area contributed by atoms with Gasteiger partial charge in [0, 0.05) is 8.59 Å². The minimum Gasteiger partial charge on any atom is -0.406 e. The van der Waals surface area contributed by atoms with E-state index in [-0.39, 0.29) is 5.75 Å². The normalized spacial score (nSPS) is 11.4. The van der Waals surface area contributed by atoms with Crippen LogP contribution in [0.3, 0.4) is 0 Å². The molecule has 0 aliphatic heterocycles. The van der Waals surface area contributed by atoms with Crippen LogP contribution in [0.25, 0.3) is 11.1 Å². The molecule has 0 bridgehead atoms. The molecule has 19 heavy (non-hydrogen) atoms. The molecule has 2 aromatic rings. The fraction of sp³-hybridized carbons (Fsp3) is 0.0769. The summed E-state index contributed by atoms with van der Waals surface area (Å²) in [6.07, 6.45) is -4.68. The van der Waals surface area contributed by atoms with E-state index >= 15 is 0 Å². The van der Waals surface area contributed by atoms with Gasteiger partial charge in [0.1, 0.15) is 5.75 Å². The molecule has 0 amide bonds. The zero-order valence-electron chi connectivity index (χ0n) is 9.34. The maximum absolute atomic E-state index is 12.1. The van der Waals surface area contributed by atoms with E-state index in [0.717, 1.165) is 11.1 Å². The third-order valence-electron chi connectivity index (χ3n) is 2.33. The number of benzene rings is 2. The molecule has 0 saturated heterocycles. The van der Waals surface area contributed by atoms with E-state index in [0.29, 0.717) is 8.59 Å². The van der Waals surface area contributed by atoms with E-state index in [4.69, 9.17) is 11.6 Å². The van der Waals surface area contributed by atoms with Crippen molar-refractivity contribution in [1.82, 2.24) is 0 Å². The summed E-state index contributed by atoms with van der Waals surface area (Å²) in [6, 6.07) is 11.3. The Balaban J connectivity index is 2.31. The maximum atomic E-state index is 12.1. The first-order valence-electron chi connectivity index (χ1n) is 5.16. The predicted octanol–water partition coefficient (Wildman–Crippen LogP) is 5.51. The summed E-state index contributed by atoms with van der Waals surface area (Å²) in [5, 5.41) is 0.607. The van der Waals surface area contributed by atoms with Crippen molar-refractivity contribution in [2.45, 2.75) is 6.36 Å². The number of halogens is 5. The SMILES string of the molecule is FC(F)(F)Oc1ccc(-c2ccc(Cl)cc2)c(I)c1. The smallest absolute Gasteiger partial charge is 0.406 e. The zero-order valence-corrected chi connectivity index (χ0v) is 12.3. The second-order valence-electron chi connectivity index (χ2n) is 3.70. The standard InChI is InChI=1S/C13H7ClF3IO/c14-9-3-1-8(2-4-9)11-6-5-10(7-12(11)18)19-13(15,16)17/h1-7H. The van der Waals surface area contributed by atoms with Crippen LogP contribution in [0.1, 0.15) is 0 Å². The average molecular weight is 399 g/mol. The van der Waals surface area contributed by atoms with Crippen molar-refractivity contribution in [3.05, 3.63) is 51.1 Å². The predicted molar refractivity (Wildman–Crippen MR) is 76.3 cm³/mol. The molecule has 0 aliphatic rings. The van der Waals surface area contributed by atoms with Gasteiger partial charge < -0.3 is 4.74 Å². The number of hydrogen-bond acceptors (Lipinski definition) is 1. The fourth-order valence-corrected chi connectivity index (χ4v) is 2.48. The number of ether oxygens (including phenoxy) is 1. The molecule has 2 aromatic carbocycles. The van der Waals surface area contributed by atoms with Gasteiger partial charge in [0.15, 0.2) is 0 Å². The van der Waals surface area contributed by atoms with Crippen LogP contribution in [0.15, 0.2) is 42.5 Å². The lowest BCUT2D eigenvalue weighted by Crippen LogP contribution is -2.17. The van der Waals surface area contributed by atoms with Crippen LogP contribution >= 0.6 is 34.2 Å². The van der Waals surface area contributed by atoms with Crippen molar-refractivity contribution >= 4 is 34.2 Å². The molecule has 100 valence electrons. The Hall–Kier alpha value is -0.950. The van der Waals surface area contributed by atoms with Crippen molar-refractivity contribution in [2.24, 2.45) is 0 Å². The van der Waals surface area contributed by atoms with Crippen LogP contribution in [-0.2, 0) is 0 Å². The van der Waals surface area contributed by atoms with Crippen LogP contribution in [-0.4, -0.2) is 6.36 Å². The fourth-order valence-electron chi connectivity index (χ4n) is 1.56. The molecule has 1 nitrogen and oxygen atoms in total. The lowest BCUT2D eigenvalue weighted by atomic mass is 10.1. The topological polar surface area (TPSA) is 9.23 Å². The molecule has 0 aromatic heterocycles. The van der Waals surface area contributed by atoms with Crippen molar-refractivity contribution in [3.8, 4) is 16.9 Å². The summed E-state index contributed by atoms with van der Waals surface area (Å²) >= 11 is 7.76. The molecule has 6 heteroatoms. The van der Waals surface area contributed by atoms with Crippen LogP contribution in [0, 0.1) is 3.57 Å². The Bertz CT molecular complexity index is 581. The van der Waals surface area contributed by atoms with E-state index in [9.17, 15) is 13.2 Å². The van der Waals surface area contributed by atoms with E-state index in [1.807, 2.05) is 34.7 Å². The van der Waals surface area contributed by atoms with Crippen LogP contribution < -0.4 is 4.74 Å². The molecule has 0 atom stereocenters. The van der Waals surface area contributed by atoms with Crippen molar-refractivity contribution in [2.75, 3.05) is 0 Å². The highest BCUT2D eigenvalue weighted by Gasteiger charge is 2.31. The molecular formula is C13H7ClF3IO. The second-order valence-corrected chi connectivity index (χ2v) is 5.29. The second kappa shape index (κ2) is 5.58. The number of rotatable bonds is 2. The van der Waals surface area contributed by atoms with Gasteiger partial charge in [0.05, 0.1) is 0 Å². The van der Waals surface area contributed by atoms with E-state index in [1.165, 1.54) is 12.1 Å². The molecule has 0 fully saturated rings. The monoisotopic (exact) mass is 398 g/mol. The molecule has 0 saturated carbocycles. The third kappa shape index (κ3) is 4.01. The quantitative estimate of drug-likeness (QED) is 0.606. The lowest BCUT2D eigenvalue weighted by Gasteiger charge is -2.11. The third-order valence-corrected chi connectivity index (χ3v) is 3.47. The Morgan fingerprint density at radius 1 is 1.00 bits per heavy atom. The van der Waals surface area contributed by atoms with E-state index < -0.39 is 6.36 Å². The average Bonchev–Trinajstić information content (AvgIpc) is 2.29. The van der Waals surface area contributed by atoms with Gasteiger partial charge >= 0.3 is 6.36 Å². The van der Waals surface area contributed by atoms with Gasteiger partial charge in [-0.1, -0.05) is 23.7 Å². The van der Waals surface area contributed by atoms with Gasteiger partial charge in [-0.3, -0.25) is 0 Å². The highest BCUT2D eigenvalue weighted by atomic mass is 127. The first-order valence-corrected chi connectivity index (χ1v) is 6.62. The van der Waals surface area contributed by atoms with Gasteiger partial charge in [-0.25, -0.2) is 0 Å². The number of alkyl halides is 3. The van der Waals surface area contributed by atoms with Crippen LogP contribution in [0.2, 0.25) is 5.02 Å². The Morgan fingerprint density at radius 2 is 1.63 bits per heavy atom. The Kier molecular flexibility index (Phi) is 4.25. The van der Waals surface area contributed by atoms with Crippen molar-refractivity contribution in [1.29, 1.82) is 0 Å². The van der Waals surface area contributed by atoms with Crippen LogP contribution in [0.5, 0.6) is 5.75 Å². The van der Waals surface area contributed by atoms with Gasteiger partial charge in [-0.15, -0.1) is 13.2 Å². The Labute approximate surface area is 126 Å². The van der Waals surface area contributed by atoms with Gasteiger partial charge in [0.25, 0.3) is 0 Å². The summed E-state index contributed by atoms with van der Waals surface area (Å²) in [6.45, 7) is 0. The Morgan fingerprint density at radius 3 is 2.16 bits per heavy atom. The first kappa shape index (κ1) is 14.5. The summed E-state index contributed by atoms with van der Waals surface area (Å²) in [5.41, 5.74) is 1.71. The molecule has 0 aliphatic carbocycles. The molecule has 0 unspecified atom stereocenters. The summed E-state index contributed by atoms with van der Waals surface area (Å²) in [5.74, 6) is -0.227. The molecule has 0 spiro atoms. The highest BCUT2D eigenvalue weighted by Crippen LogP contribution is 2.31. The molecular weight excluding hydrogens is 391 g/mol. The lowest BCUT2D eigenvalue weighted by molar-refractivity contribution is -0.274. The first-order chi connectivity index (χ1) is 8.85. The summed E-state index contributed by atoms with van der Waals surface area (Å²) in [4.78, 5) is 0. The maximum Gasteiger partial charge on any atom is 0.573 e. The van der Waals surface area contributed by atoms with Gasteiger partial charge in [-0.05, 0) is 64.0 Å². The molecule has 2 rings (SSSR count). The highest BCUT2D eigenvalue weighted by molar-refractivity contribution is 14.1. The van der Waals surface area contributed by atoms with E-state index in [1.54, 1.807) is 18.2 Å².